The highest BCUT2D eigenvalue weighted by Gasteiger charge is 2.28. The molecule has 7 heteroatoms. The summed E-state index contributed by atoms with van der Waals surface area (Å²) in [5.41, 5.74) is 2.22. The van der Waals surface area contributed by atoms with Crippen LogP contribution in [0.15, 0.2) is 23.0 Å². The molecule has 0 saturated heterocycles. The summed E-state index contributed by atoms with van der Waals surface area (Å²) in [6.07, 6.45) is 0. The fourth-order valence-corrected chi connectivity index (χ4v) is 3.28. The van der Waals surface area contributed by atoms with Crippen molar-refractivity contribution in [2.75, 3.05) is 11.6 Å². The van der Waals surface area contributed by atoms with Crippen LogP contribution >= 0.6 is 23.2 Å². The molecular weight excluding hydrogens is 347 g/mol. The van der Waals surface area contributed by atoms with E-state index in [4.69, 9.17) is 23.2 Å². The maximum atomic E-state index is 12.7. The molecule has 0 atom stereocenters. The van der Waals surface area contributed by atoms with Gasteiger partial charge in [-0.1, -0.05) is 23.2 Å². The first-order chi connectivity index (χ1) is 11.3. The Kier molecular flexibility index (Phi) is 4.60. The van der Waals surface area contributed by atoms with Crippen LogP contribution in [0.4, 0.5) is 11.6 Å². The molecule has 0 aliphatic carbocycles. The highest BCUT2D eigenvalue weighted by atomic mass is 35.5. The summed E-state index contributed by atoms with van der Waals surface area (Å²) in [6, 6.07) is 5.65. The van der Waals surface area contributed by atoms with Crippen molar-refractivity contribution in [2.45, 2.75) is 40.4 Å². The number of rotatable bonds is 2. The predicted octanol–water partition coefficient (Wildman–Crippen LogP) is 3.94. The second kappa shape index (κ2) is 6.39. The first-order valence-electron chi connectivity index (χ1n) is 7.83. The minimum absolute atomic E-state index is 0.0130. The van der Waals surface area contributed by atoms with Crippen molar-refractivity contribution >= 4 is 34.8 Å². The highest BCUT2D eigenvalue weighted by molar-refractivity contribution is 6.35. The lowest BCUT2D eigenvalue weighted by Gasteiger charge is -2.40. The lowest BCUT2D eigenvalue weighted by molar-refractivity contribution is 0.156. The molecule has 2 aromatic rings. The lowest BCUT2D eigenvalue weighted by atomic mass is 10.2. The van der Waals surface area contributed by atoms with E-state index in [2.05, 4.69) is 23.7 Å². The van der Waals surface area contributed by atoms with Crippen molar-refractivity contribution in [2.24, 2.45) is 0 Å². The molecule has 3 rings (SSSR count). The monoisotopic (exact) mass is 366 g/mol. The van der Waals surface area contributed by atoms with E-state index in [1.807, 2.05) is 30.9 Å². The van der Waals surface area contributed by atoms with Crippen molar-refractivity contribution in [1.29, 1.82) is 0 Å². The molecule has 0 amide bonds. The van der Waals surface area contributed by atoms with E-state index < -0.39 is 0 Å². The van der Waals surface area contributed by atoms with E-state index in [1.165, 1.54) is 0 Å². The Morgan fingerprint density at radius 2 is 1.71 bits per heavy atom. The van der Waals surface area contributed by atoms with Crippen molar-refractivity contribution < 1.29 is 0 Å². The average molecular weight is 367 g/mol. The van der Waals surface area contributed by atoms with Gasteiger partial charge in [0.15, 0.2) is 0 Å². The topological polar surface area (TPSA) is 41.4 Å². The van der Waals surface area contributed by atoms with Gasteiger partial charge in [0, 0.05) is 33.0 Å². The van der Waals surface area contributed by atoms with Crippen LogP contribution in [0.2, 0.25) is 10.0 Å². The van der Waals surface area contributed by atoms with Gasteiger partial charge in [-0.3, -0.25) is 19.2 Å². The molecule has 1 aliphatic rings. The lowest BCUT2D eigenvalue weighted by Crippen LogP contribution is -2.50. The van der Waals surface area contributed by atoms with Crippen molar-refractivity contribution in [3.63, 3.8) is 0 Å². The molecule has 0 fully saturated rings. The van der Waals surface area contributed by atoms with Crippen molar-refractivity contribution in [1.82, 2.24) is 14.5 Å². The Morgan fingerprint density at radius 3 is 2.29 bits per heavy atom. The maximum Gasteiger partial charge on any atom is 0.259 e. The van der Waals surface area contributed by atoms with E-state index in [9.17, 15) is 4.79 Å². The molecule has 5 nitrogen and oxygen atoms in total. The number of anilines is 2. The third kappa shape index (κ3) is 3.04. The summed E-state index contributed by atoms with van der Waals surface area (Å²) in [6.45, 7) is 9.01. The van der Waals surface area contributed by atoms with Crippen LogP contribution in [0.5, 0.6) is 0 Å². The van der Waals surface area contributed by atoms with Crippen LogP contribution < -0.4 is 10.5 Å². The Balaban J connectivity index is 2.21. The second-order valence-electron chi connectivity index (χ2n) is 6.38. The number of hydrogen-bond donors (Lipinski definition) is 0. The molecule has 128 valence electrons. The zero-order valence-electron chi connectivity index (χ0n) is 14.2. The van der Waals surface area contributed by atoms with Gasteiger partial charge in [-0.15, -0.1) is 0 Å². The number of fused-ring (bicyclic) bond motifs is 1. The summed E-state index contributed by atoms with van der Waals surface area (Å²) in [5.74, 6) is 0.623. The van der Waals surface area contributed by atoms with Crippen molar-refractivity contribution in [3.8, 4) is 0 Å². The van der Waals surface area contributed by atoms with Crippen LogP contribution in [-0.2, 0) is 6.67 Å². The third-order valence-electron chi connectivity index (χ3n) is 4.39. The smallest absolute Gasteiger partial charge is 0.259 e. The molecule has 0 radical (unpaired) electrons. The Labute approximate surface area is 151 Å². The first-order valence-corrected chi connectivity index (χ1v) is 8.59. The van der Waals surface area contributed by atoms with E-state index in [0.717, 1.165) is 11.4 Å². The summed E-state index contributed by atoms with van der Waals surface area (Å²) >= 11 is 12.3. The zero-order valence-corrected chi connectivity index (χ0v) is 15.7. The Hall–Kier alpha value is -1.56. The molecule has 24 heavy (non-hydrogen) atoms. The summed E-state index contributed by atoms with van der Waals surface area (Å²) in [7, 11) is 0. The Morgan fingerprint density at radius 1 is 1.08 bits per heavy atom. The van der Waals surface area contributed by atoms with E-state index in [1.54, 1.807) is 10.6 Å². The van der Waals surface area contributed by atoms with Crippen LogP contribution in [0, 0.1) is 13.8 Å². The number of nitrogens with zero attached hydrogens (tertiary/aromatic N) is 4. The van der Waals surface area contributed by atoms with Gasteiger partial charge in [-0.05, 0) is 45.9 Å². The number of aromatic nitrogens is 2. The van der Waals surface area contributed by atoms with Gasteiger partial charge in [-0.2, -0.15) is 0 Å². The highest BCUT2D eigenvalue weighted by Crippen LogP contribution is 2.32. The fraction of sp³-hybridized carbons (Fsp3) is 0.412. The van der Waals surface area contributed by atoms with Gasteiger partial charge >= 0.3 is 0 Å². The number of halogens is 2. The molecule has 2 heterocycles. The van der Waals surface area contributed by atoms with Gasteiger partial charge < -0.3 is 0 Å². The molecule has 0 spiro atoms. The fourth-order valence-electron chi connectivity index (χ4n) is 2.77. The molecule has 1 aromatic heterocycles. The van der Waals surface area contributed by atoms with Gasteiger partial charge in [0.1, 0.15) is 0 Å². The molecule has 0 unspecified atom stereocenters. The van der Waals surface area contributed by atoms with Crippen LogP contribution in [0.3, 0.4) is 0 Å². The predicted molar refractivity (Wildman–Crippen MR) is 98.4 cm³/mol. The third-order valence-corrected chi connectivity index (χ3v) is 4.83. The summed E-state index contributed by atoms with van der Waals surface area (Å²) < 4.78 is 1.71. The van der Waals surface area contributed by atoms with E-state index in [-0.39, 0.29) is 11.6 Å². The van der Waals surface area contributed by atoms with E-state index >= 15 is 0 Å². The average Bonchev–Trinajstić information content (AvgIpc) is 2.51. The largest absolute Gasteiger partial charge is 0.298 e. The molecule has 0 bridgehead atoms. The minimum Gasteiger partial charge on any atom is -0.298 e. The molecule has 0 N–H and O–H groups in total. The van der Waals surface area contributed by atoms with Gasteiger partial charge in [0.2, 0.25) is 5.95 Å². The normalized spacial score (nSPS) is 15.0. The first kappa shape index (κ1) is 17.3. The SMILES string of the molecule is Cc1nc2n(c(=O)c1C)CN(C(C)C)CN2c1cc(Cl)cc(Cl)c1. The summed E-state index contributed by atoms with van der Waals surface area (Å²) in [4.78, 5) is 21.6. The molecule has 1 aromatic carbocycles. The quantitative estimate of drug-likeness (QED) is 0.806. The molecule has 1 aliphatic heterocycles. The number of benzene rings is 1. The van der Waals surface area contributed by atoms with Gasteiger partial charge in [-0.25, -0.2) is 4.98 Å². The van der Waals surface area contributed by atoms with Crippen LogP contribution in [0.1, 0.15) is 25.1 Å². The standard InChI is InChI=1S/C17H20Cl2N4O/c1-10(2)21-8-22(15-6-13(18)5-14(19)7-15)17-20-12(4)11(3)16(24)23(17)9-21/h5-7,10H,8-9H2,1-4H3. The molecular formula is C17H20Cl2N4O. The number of aryl methyl sites for hydroxylation is 1. The maximum absolute atomic E-state index is 12.7. The summed E-state index contributed by atoms with van der Waals surface area (Å²) in [5, 5.41) is 1.11. The van der Waals surface area contributed by atoms with Gasteiger partial charge in [0.05, 0.1) is 13.3 Å². The zero-order chi connectivity index (χ0) is 17.6. The second-order valence-corrected chi connectivity index (χ2v) is 7.25. The Bertz CT molecular complexity index is 827. The van der Waals surface area contributed by atoms with Crippen LogP contribution in [-0.4, -0.2) is 27.2 Å². The molecule has 0 saturated carbocycles. The van der Waals surface area contributed by atoms with Crippen LogP contribution in [0.25, 0.3) is 0 Å². The van der Waals surface area contributed by atoms with Gasteiger partial charge in [0.25, 0.3) is 5.56 Å². The minimum atomic E-state index is -0.0130. The van der Waals surface area contributed by atoms with Crippen molar-refractivity contribution in [3.05, 3.63) is 49.9 Å². The number of hydrogen-bond acceptors (Lipinski definition) is 4. The van der Waals surface area contributed by atoms with E-state index in [0.29, 0.717) is 34.9 Å².